The lowest BCUT2D eigenvalue weighted by Crippen LogP contribution is -2.50. The fraction of sp³-hybridized carbons (Fsp3) is 0.667. The smallest absolute Gasteiger partial charge is 0.246 e. The Bertz CT molecular complexity index is 617. The summed E-state index contributed by atoms with van der Waals surface area (Å²) in [5.74, 6) is -2.67. The maximum atomic E-state index is 11.7. The summed E-state index contributed by atoms with van der Waals surface area (Å²) in [5.41, 5.74) is 5.77. The Hall–Kier alpha value is -1.65. The molecule has 4 atom stereocenters. The number of nitrogens with zero attached hydrogens (tertiary/aromatic N) is 1. The monoisotopic (exact) mass is 332 g/mol. The van der Waals surface area contributed by atoms with Gasteiger partial charge in [0.15, 0.2) is 0 Å². The molecule has 2 unspecified atom stereocenters. The highest BCUT2D eigenvalue weighted by Crippen LogP contribution is 2.40. The number of sulfonamides is 1. The maximum Gasteiger partial charge on any atom is 0.246 e. The molecule has 0 bridgehead atoms. The van der Waals surface area contributed by atoms with Crippen molar-refractivity contribution in [1.82, 2.24) is 10.2 Å². The van der Waals surface area contributed by atoms with Crippen LogP contribution in [-0.4, -0.2) is 61.7 Å². The van der Waals surface area contributed by atoms with Gasteiger partial charge in [0, 0.05) is 31.3 Å². The number of nitrogens with two attached hydrogens (primary N) is 2. The van der Waals surface area contributed by atoms with E-state index in [1.165, 1.54) is 0 Å². The molecule has 0 spiro atoms. The van der Waals surface area contributed by atoms with E-state index in [0.29, 0.717) is 12.1 Å². The van der Waals surface area contributed by atoms with Crippen LogP contribution in [0.5, 0.6) is 0 Å². The first-order valence-corrected chi connectivity index (χ1v) is 8.49. The van der Waals surface area contributed by atoms with E-state index in [0.717, 1.165) is 0 Å². The van der Waals surface area contributed by atoms with Crippen LogP contribution in [0.3, 0.4) is 0 Å². The summed E-state index contributed by atoms with van der Waals surface area (Å²) in [4.78, 5) is 25.0. The molecule has 2 aliphatic rings. The largest absolute Gasteiger partial charge is 0.391 e. The van der Waals surface area contributed by atoms with Crippen molar-refractivity contribution >= 4 is 21.8 Å². The normalized spacial score (nSPS) is 31.4. The Kier molecular flexibility index (Phi) is 4.45. The number of primary sulfonamides is 1. The summed E-state index contributed by atoms with van der Waals surface area (Å²) in [6.07, 6.45) is 1.05. The van der Waals surface area contributed by atoms with E-state index >= 15 is 0 Å². The molecule has 0 radical (unpaired) electrons. The zero-order chi connectivity index (χ0) is 16.7. The summed E-state index contributed by atoms with van der Waals surface area (Å²) in [7, 11) is -2.18. The van der Waals surface area contributed by atoms with Crippen molar-refractivity contribution in [2.45, 2.75) is 18.6 Å². The van der Waals surface area contributed by atoms with Crippen LogP contribution >= 0.6 is 0 Å². The van der Waals surface area contributed by atoms with Crippen LogP contribution in [0, 0.1) is 11.8 Å². The number of amides is 2. The zero-order valence-corrected chi connectivity index (χ0v) is 12.9. The number of primary amides is 1. The average molecular weight is 332 g/mol. The van der Waals surface area contributed by atoms with E-state index < -0.39 is 39.7 Å². The fourth-order valence-electron chi connectivity index (χ4n) is 3.29. The van der Waals surface area contributed by atoms with Gasteiger partial charge in [-0.3, -0.25) is 9.59 Å². The number of rotatable bonds is 4. The fourth-order valence-corrected chi connectivity index (χ4v) is 3.74. The maximum absolute atomic E-state index is 11.7. The molecule has 6 N–H and O–H groups in total. The number of aliphatic hydroxyl groups is 1. The lowest BCUT2D eigenvalue weighted by molar-refractivity contribution is -0.120. The molecule has 0 aromatic heterocycles. The van der Waals surface area contributed by atoms with Crippen molar-refractivity contribution in [3.63, 3.8) is 0 Å². The van der Waals surface area contributed by atoms with Crippen LogP contribution < -0.4 is 16.2 Å². The SMILES string of the molecule is CN1C=C(C(N)=O)C2C[C@H](O)[C@H](NC(=O)CS(N)(=O)=O)C2C1. The number of aliphatic hydroxyl groups excluding tert-OH is 1. The van der Waals surface area contributed by atoms with Crippen molar-refractivity contribution < 1.29 is 23.1 Å². The number of hydrogen-bond donors (Lipinski definition) is 4. The third-order valence-electron chi connectivity index (χ3n) is 4.09. The van der Waals surface area contributed by atoms with E-state index in [-0.39, 0.29) is 18.3 Å². The standard InChI is InChI=1S/C12H20N4O5S/c1-16-3-7-6(8(4-16)12(13)19)2-9(17)11(7)15-10(18)5-22(14,20)21/h4,6-7,9,11,17H,2-3,5H2,1H3,(H2,13,19)(H,15,18)(H2,14,20,21)/t6?,7?,9-,11+/m0/s1. The molecule has 0 saturated heterocycles. The summed E-state index contributed by atoms with van der Waals surface area (Å²) >= 11 is 0. The van der Waals surface area contributed by atoms with Gasteiger partial charge in [0.2, 0.25) is 21.8 Å². The first kappa shape index (κ1) is 16.7. The first-order valence-electron chi connectivity index (χ1n) is 6.78. The average Bonchev–Trinajstić information content (AvgIpc) is 2.63. The minimum atomic E-state index is -3.94. The molecule has 0 aromatic rings. The summed E-state index contributed by atoms with van der Waals surface area (Å²) in [6.45, 7) is 0.513. The van der Waals surface area contributed by atoms with Gasteiger partial charge in [-0.2, -0.15) is 0 Å². The topological polar surface area (TPSA) is 156 Å². The van der Waals surface area contributed by atoms with Crippen LogP contribution in [0.15, 0.2) is 11.8 Å². The predicted molar refractivity (Wildman–Crippen MR) is 77.4 cm³/mol. The van der Waals surface area contributed by atoms with Crippen molar-refractivity contribution in [2.75, 3.05) is 19.3 Å². The van der Waals surface area contributed by atoms with Crippen LogP contribution in [0.25, 0.3) is 0 Å². The number of carbonyl (C=O) groups is 2. The molecule has 22 heavy (non-hydrogen) atoms. The minimum Gasteiger partial charge on any atom is -0.391 e. The predicted octanol–water partition coefficient (Wildman–Crippen LogP) is -2.93. The van der Waals surface area contributed by atoms with Gasteiger partial charge in [-0.15, -0.1) is 0 Å². The van der Waals surface area contributed by atoms with Crippen molar-refractivity contribution in [3.05, 3.63) is 11.8 Å². The van der Waals surface area contributed by atoms with Gasteiger partial charge in [0.05, 0.1) is 12.1 Å². The van der Waals surface area contributed by atoms with Crippen LogP contribution in [0.1, 0.15) is 6.42 Å². The summed E-state index contributed by atoms with van der Waals surface area (Å²) < 4.78 is 21.9. The highest BCUT2D eigenvalue weighted by Gasteiger charge is 2.47. The first-order chi connectivity index (χ1) is 10.1. The summed E-state index contributed by atoms with van der Waals surface area (Å²) in [5, 5.41) is 17.5. The molecular weight excluding hydrogens is 312 g/mol. The molecule has 124 valence electrons. The quantitative estimate of drug-likeness (QED) is 0.432. The van der Waals surface area contributed by atoms with Crippen LogP contribution in [0.4, 0.5) is 0 Å². The Morgan fingerprint density at radius 2 is 2.14 bits per heavy atom. The molecule has 0 aromatic carbocycles. The Balaban J connectivity index is 2.16. The van der Waals surface area contributed by atoms with E-state index in [1.54, 1.807) is 18.1 Å². The highest BCUT2D eigenvalue weighted by atomic mass is 32.2. The van der Waals surface area contributed by atoms with Crippen molar-refractivity contribution in [3.8, 4) is 0 Å². The molecule has 9 nitrogen and oxygen atoms in total. The number of hydrogen-bond acceptors (Lipinski definition) is 6. The van der Waals surface area contributed by atoms with Gasteiger partial charge in [-0.25, -0.2) is 13.6 Å². The number of nitrogens with one attached hydrogen (secondary N) is 1. The van der Waals surface area contributed by atoms with E-state index in [2.05, 4.69) is 5.32 Å². The second-order valence-electron chi connectivity index (χ2n) is 5.86. The Labute approximate surface area is 128 Å². The van der Waals surface area contributed by atoms with Gasteiger partial charge in [-0.05, 0) is 12.3 Å². The molecule has 1 fully saturated rings. The van der Waals surface area contributed by atoms with Gasteiger partial charge < -0.3 is 21.1 Å². The van der Waals surface area contributed by atoms with Gasteiger partial charge in [-0.1, -0.05) is 0 Å². The molecule has 1 aliphatic carbocycles. The van der Waals surface area contributed by atoms with Gasteiger partial charge in [0.25, 0.3) is 0 Å². The molecule has 1 aliphatic heterocycles. The van der Waals surface area contributed by atoms with Gasteiger partial charge >= 0.3 is 0 Å². The van der Waals surface area contributed by atoms with Gasteiger partial charge in [0.1, 0.15) is 5.75 Å². The van der Waals surface area contributed by atoms with E-state index in [4.69, 9.17) is 10.9 Å². The lowest BCUT2D eigenvalue weighted by atomic mass is 9.84. The molecule has 2 rings (SSSR count). The Morgan fingerprint density at radius 1 is 1.50 bits per heavy atom. The van der Waals surface area contributed by atoms with Crippen LogP contribution in [0.2, 0.25) is 0 Å². The molecule has 1 saturated carbocycles. The second kappa shape index (κ2) is 5.86. The molecule has 2 amide bonds. The molecule has 1 heterocycles. The van der Waals surface area contributed by atoms with Crippen LogP contribution in [-0.2, 0) is 19.6 Å². The highest BCUT2D eigenvalue weighted by molar-refractivity contribution is 7.89. The summed E-state index contributed by atoms with van der Waals surface area (Å²) in [6, 6.07) is -0.648. The third kappa shape index (κ3) is 3.57. The lowest BCUT2D eigenvalue weighted by Gasteiger charge is -2.34. The number of fused-ring (bicyclic) bond motifs is 1. The van der Waals surface area contributed by atoms with E-state index in [1.807, 2.05) is 0 Å². The number of carbonyl (C=O) groups excluding carboxylic acids is 2. The minimum absolute atomic E-state index is 0.225. The molecular formula is C12H20N4O5S. The van der Waals surface area contributed by atoms with Crippen molar-refractivity contribution in [2.24, 2.45) is 22.7 Å². The Morgan fingerprint density at radius 3 is 2.68 bits per heavy atom. The second-order valence-corrected chi connectivity index (χ2v) is 7.48. The zero-order valence-electron chi connectivity index (χ0n) is 12.1. The molecule has 10 heteroatoms. The van der Waals surface area contributed by atoms with E-state index in [9.17, 15) is 23.1 Å². The third-order valence-corrected chi connectivity index (χ3v) is 4.75. The van der Waals surface area contributed by atoms with Crippen molar-refractivity contribution in [1.29, 1.82) is 0 Å².